The average molecular weight is 200 g/mol. The number of fused-ring (bicyclic) bond motifs is 1. The molecule has 12 heavy (non-hydrogen) atoms. The van der Waals surface area contributed by atoms with Crippen molar-refractivity contribution >= 4 is 39.1 Å². The van der Waals surface area contributed by atoms with Crippen LogP contribution < -0.4 is 5.73 Å². The summed E-state index contributed by atoms with van der Waals surface area (Å²) in [6.07, 6.45) is 0. The first-order valence-corrected chi connectivity index (χ1v) is 4.55. The molecular formula is C7H6ClN3S. The lowest BCUT2D eigenvalue weighted by Gasteiger charge is -1.93. The summed E-state index contributed by atoms with van der Waals surface area (Å²) in [5.41, 5.74) is 5.43. The maximum absolute atomic E-state index is 5.85. The van der Waals surface area contributed by atoms with E-state index in [9.17, 15) is 0 Å². The third-order valence-electron chi connectivity index (χ3n) is 1.49. The number of nitrogens with zero attached hydrogens (tertiary/aromatic N) is 2. The fourth-order valence-electron chi connectivity index (χ4n) is 1.02. The van der Waals surface area contributed by atoms with Gasteiger partial charge in [-0.3, -0.25) is 0 Å². The average Bonchev–Trinajstić information content (AvgIpc) is 2.29. The van der Waals surface area contributed by atoms with Crippen LogP contribution in [0.2, 0.25) is 5.15 Å². The van der Waals surface area contributed by atoms with E-state index in [0.29, 0.717) is 5.15 Å². The van der Waals surface area contributed by atoms with Crippen LogP contribution in [0.15, 0.2) is 6.07 Å². The normalized spacial score (nSPS) is 10.8. The number of aromatic nitrogens is 2. The van der Waals surface area contributed by atoms with Crippen molar-refractivity contribution in [1.29, 1.82) is 0 Å². The molecule has 0 radical (unpaired) electrons. The first kappa shape index (κ1) is 7.76. The summed E-state index contributed by atoms with van der Waals surface area (Å²) in [6, 6.07) is 1.96. The number of hydrogen-bond acceptors (Lipinski definition) is 4. The minimum Gasteiger partial charge on any atom is -0.368 e. The summed E-state index contributed by atoms with van der Waals surface area (Å²) in [6.45, 7) is 2.00. The summed E-state index contributed by atoms with van der Waals surface area (Å²) in [5.74, 6) is 0.231. The Hall–Kier alpha value is -0.870. The lowest BCUT2D eigenvalue weighted by Crippen LogP contribution is -1.93. The molecule has 0 saturated heterocycles. The van der Waals surface area contributed by atoms with Crippen molar-refractivity contribution < 1.29 is 0 Å². The minimum atomic E-state index is 0.231. The highest BCUT2D eigenvalue weighted by Crippen LogP contribution is 2.28. The summed E-state index contributed by atoms with van der Waals surface area (Å²) in [4.78, 5) is 9.92. The first-order valence-electron chi connectivity index (χ1n) is 3.36. The van der Waals surface area contributed by atoms with Gasteiger partial charge in [-0.15, -0.1) is 11.3 Å². The number of hydrogen-bond donors (Lipinski definition) is 1. The second-order valence-electron chi connectivity index (χ2n) is 2.45. The zero-order chi connectivity index (χ0) is 8.72. The molecule has 2 aromatic heterocycles. The maximum atomic E-state index is 5.85. The molecule has 2 aromatic rings. The highest BCUT2D eigenvalue weighted by molar-refractivity contribution is 7.18. The number of rotatable bonds is 0. The van der Waals surface area contributed by atoms with Crippen LogP contribution in [-0.4, -0.2) is 9.97 Å². The van der Waals surface area contributed by atoms with Gasteiger partial charge in [0.25, 0.3) is 0 Å². The predicted molar refractivity (Wildman–Crippen MR) is 51.6 cm³/mol. The van der Waals surface area contributed by atoms with Gasteiger partial charge in [-0.1, -0.05) is 11.6 Å². The molecule has 2 heterocycles. The van der Waals surface area contributed by atoms with Gasteiger partial charge in [-0.05, 0) is 13.0 Å². The van der Waals surface area contributed by atoms with Crippen molar-refractivity contribution in [2.75, 3.05) is 5.73 Å². The molecule has 0 aromatic carbocycles. The maximum Gasteiger partial charge on any atom is 0.222 e. The molecule has 5 heteroatoms. The zero-order valence-electron chi connectivity index (χ0n) is 6.34. The van der Waals surface area contributed by atoms with Crippen LogP contribution in [0.4, 0.5) is 5.95 Å². The zero-order valence-corrected chi connectivity index (χ0v) is 7.91. The van der Waals surface area contributed by atoms with Crippen molar-refractivity contribution in [1.82, 2.24) is 9.97 Å². The van der Waals surface area contributed by atoms with Gasteiger partial charge in [-0.2, -0.15) is 0 Å². The molecule has 3 nitrogen and oxygen atoms in total. The molecule has 0 aliphatic carbocycles. The largest absolute Gasteiger partial charge is 0.368 e. The fourth-order valence-corrected chi connectivity index (χ4v) is 2.20. The van der Waals surface area contributed by atoms with Gasteiger partial charge >= 0.3 is 0 Å². The van der Waals surface area contributed by atoms with Crippen molar-refractivity contribution in [3.05, 3.63) is 16.1 Å². The molecule has 0 aliphatic rings. The van der Waals surface area contributed by atoms with Gasteiger partial charge in [0.15, 0.2) is 0 Å². The number of thiophene rings is 1. The van der Waals surface area contributed by atoms with Crippen LogP contribution in [0.1, 0.15) is 4.88 Å². The topological polar surface area (TPSA) is 51.8 Å². The Morgan fingerprint density at radius 1 is 1.50 bits per heavy atom. The van der Waals surface area contributed by atoms with E-state index in [1.807, 2.05) is 13.0 Å². The van der Waals surface area contributed by atoms with Gasteiger partial charge in [-0.25, -0.2) is 9.97 Å². The van der Waals surface area contributed by atoms with Gasteiger partial charge in [0.1, 0.15) is 9.98 Å². The van der Waals surface area contributed by atoms with E-state index < -0.39 is 0 Å². The van der Waals surface area contributed by atoms with E-state index in [4.69, 9.17) is 17.3 Å². The quantitative estimate of drug-likeness (QED) is 0.662. The van der Waals surface area contributed by atoms with Crippen LogP contribution in [0, 0.1) is 6.92 Å². The molecule has 0 amide bonds. The third kappa shape index (κ3) is 1.13. The van der Waals surface area contributed by atoms with Crippen LogP contribution in [-0.2, 0) is 0 Å². The molecule has 0 unspecified atom stereocenters. The summed E-state index contributed by atoms with van der Waals surface area (Å²) < 4.78 is 0. The number of nitrogens with two attached hydrogens (primary N) is 1. The Labute approximate surface area is 78.2 Å². The van der Waals surface area contributed by atoms with Crippen molar-refractivity contribution in [3.63, 3.8) is 0 Å². The molecule has 0 spiro atoms. The standard InChI is InChI=1S/C7H6ClN3S/c1-3-2-4-5(8)10-7(9)11-6(4)12-3/h2H,1H3,(H2,9,10,11). The van der Waals surface area contributed by atoms with E-state index in [2.05, 4.69) is 9.97 Å². The molecular weight excluding hydrogens is 194 g/mol. The smallest absolute Gasteiger partial charge is 0.222 e. The Bertz CT molecular complexity index is 437. The minimum absolute atomic E-state index is 0.231. The number of nitrogen functional groups attached to an aromatic ring is 1. The van der Waals surface area contributed by atoms with Gasteiger partial charge < -0.3 is 5.73 Å². The summed E-state index contributed by atoms with van der Waals surface area (Å²) >= 11 is 7.42. The Kier molecular flexibility index (Phi) is 1.66. The van der Waals surface area contributed by atoms with Gasteiger partial charge in [0.05, 0.1) is 0 Å². The van der Waals surface area contributed by atoms with Crippen molar-refractivity contribution in [3.8, 4) is 0 Å². The van der Waals surface area contributed by atoms with Crippen molar-refractivity contribution in [2.45, 2.75) is 6.92 Å². The Morgan fingerprint density at radius 3 is 3.00 bits per heavy atom. The third-order valence-corrected chi connectivity index (χ3v) is 2.72. The van der Waals surface area contributed by atoms with E-state index >= 15 is 0 Å². The Morgan fingerprint density at radius 2 is 2.25 bits per heavy atom. The molecule has 2 N–H and O–H groups in total. The van der Waals surface area contributed by atoms with E-state index in [0.717, 1.165) is 15.1 Å². The molecule has 0 saturated carbocycles. The molecule has 0 atom stereocenters. The van der Waals surface area contributed by atoms with Crippen LogP contribution in [0.3, 0.4) is 0 Å². The lowest BCUT2D eigenvalue weighted by molar-refractivity contribution is 1.25. The SMILES string of the molecule is Cc1cc2c(Cl)nc(N)nc2s1. The van der Waals surface area contributed by atoms with Crippen LogP contribution in [0.5, 0.6) is 0 Å². The van der Waals surface area contributed by atoms with Gasteiger partial charge in [0, 0.05) is 10.3 Å². The molecule has 0 bridgehead atoms. The fraction of sp³-hybridized carbons (Fsp3) is 0.143. The second-order valence-corrected chi connectivity index (χ2v) is 4.04. The van der Waals surface area contributed by atoms with Crippen LogP contribution >= 0.6 is 22.9 Å². The molecule has 0 fully saturated rings. The second kappa shape index (κ2) is 2.57. The van der Waals surface area contributed by atoms with E-state index in [-0.39, 0.29) is 5.95 Å². The Balaban J connectivity index is 2.88. The lowest BCUT2D eigenvalue weighted by atomic mass is 10.4. The van der Waals surface area contributed by atoms with Crippen LogP contribution in [0.25, 0.3) is 10.2 Å². The predicted octanol–water partition coefficient (Wildman–Crippen LogP) is 2.24. The number of anilines is 1. The highest BCUT2D eigenvalue weighted by atomic mass is 35.5. The summed E-state index contributed by atoms with van der Waals surface area (Å²) in [7, 11) is 0. The first-order chi connectivity index (χ1) is 5.66. The highest BCUT2D eigenvalue weighted by Gasteiger charge is 2.06. The molecule has 0 aliphatic heterocycles. The van der Waals surface area contributed by atoms with E-state index in [1.165, 1.54) is 0 Å². The number of aryl methyl sites for hydroxylation is 1. The van der Waals surface area contributed by atoms with E-state index in [1.54, 1.807) is 11.3 Å². The van der Waals surface area contributed by atoms with Crippen molar-refractivity contribution in [2.24, 2.45) is 0 Å². The summed E-state index contributed by atoms with van der Waals surface area (Å²) in [5, 5.41) is 1.32. The monoisotopic (exact) mass is 199 g/mol. The molecule has 2 rings (SSSR count). The van der Waals surface area contributed by atoms with Gasteiger partial charge in [0.2, 0.25) is 5.95 Å². The molecule has 62 valence electrons. The number of halogens is 1.